The third-order valence-electron chi connectivity index (χ3n) is 8.61. The number of aromatic nitrogens is 1. The first-order valence-corrected chi connectivity index (χ1v) is 17.2. The number of amides is 2. The van der Waals surface area contributed by atoms with E-state index in [2.05, 4.69) is 6.07 Å². The highest BCUT2D eigenvalue weighted by Gasteiger charge is 2.41. The number of hydrogen-bond acceptors (Lipinski definition) is 11. The predicted molar refractivity (Wildman–Crippen MR) is 198 cm³/mol. The number of esters is 1. The van der Waals surface area contributed by atoms with Gasteiger partial charge in [0.25, 0.3) is 0 Å². The van der Waals surface area contributed by atoms with Crippen LogP contribution in [0.1, 0.15) is 38.3 Å². The molecule has 1 unspecified atom stereocenters. The minimum atomic E-state index is -0.855. The molecular formula is C41H33N3O8S. The molecule has 0 N–H and O–H groups in total. The molecule has 12 heteroatoms. The van der Waals surface area contributed by atoms with Gasteiger partial charge in [0.1, 0.15) is 16.8 Å². The molecule has 11 nitrogen and oxygen atoms in total. The molecule has 1 aliphatic heterocycles. The van der Waals surface area contributed by atoms with Crippen LogP contribution in [0.4, 0.5) is 5.69 Å². The van der Waals surface area contributed by atoms with Crippen LogP contribution in [0.2, 0.25) is 0 Å². The van der Waals surface area contributed by atoms with Gasteiger partial charge in [-0.2, -0.15) is 5.26 Å². The average molecular weight is 728 g/mol. The molecule has 0 bridgehead atoms. The van der Waals surface area contributed by atoms with Crippen LogP contribution in [0.3, 0.4) is 0 Å². The standard InChI is InChI=1S/C41H33N3O8S/c1-24-5-7-25(8-6-24)31-20-33(26-11-16-30(49-2)17-12-26)43-39(32(31)22-42)53-37-21-38(46)44(40(37)47)29-14-9-27(10-15-29)41(48)52-23-34(45)28-13-18-35(50-3)36(19-28)51-4/h5-20,37H,21,23H2,1-4H3. The number of Topliss-reactive ketones (excluding diaryl/α,β-unsaturated/α-hetero) is 1. The molecule has 1 saturated heterocycles. The summed E-state index contributed by atoms with van der Waals surface area (Å²) >= 11 is 1.07. The van der Waals surface area contributed by atoms with Crippen LogP contribution in [-0.2, 0) is 14.3 Å². The maximum atomic E-state index is 13.8. The van der Waals surface area contributed by atoms with Crippen molar-refractivity contribution in [1.29, 1.82) is 5.26 Å². The van der Waals surface area contributed by atoms with Gasteiger partial charge in [-0.05, 0) is 85.3 Å². The maximum absolute atomic E-state index is 13.8. The van der Waals surface area contributed by atoms with Crippen molar-refractivity contribution < 1.29 is 38.1 Å². The summed E-state index contributed by atoms with van der Waals surface area (Å²) in [4.78, 5) is 58.4. The fraction of sp³-hybridized carbons (Fsp3) is 0.171. The van der Waals surface area contributed by atoms with E-state index in [0.29, 0.717) is 39.1 Å². The van der Waals surface area contributed by atoms with Gasteiger partial charge >= 0.3 is 5.97 Å². The van der Waals surface area contributed by atoms with E-state index in [1.807, 2.05) is 61.5 Å². The van der Waals surface area contributed by atoms with Crippen molar-refractivity contribution in [2.75, 3.05) is 32.8 Å². The maximum Gasteiger partial charge on any atom is 0.338 e. The van der Waals surface area contributed by atoms with E-state index < -0.39 is 35.4 Å². The van der Waals surface area contributed by atoms with Crippen molar-refractivity contribution in [3.63, 3.8) is 0 Å². The average Bonchev–Trinajstić information content (AvgIpc) is 3.47. The van der Waals surface area contributed by atoms with E-state index in [4.69, 9.17) is 23.9 Å². The number of anilines is 1. The molecule has 1 aromatic heterocycles. The summed E-state index contributed by atoms with van der Waals surface area (Å²) in [5.41, 5.74) is 4.86. The smallest absolute Gasteiger partial charge is 0.338 e. The van der Waals surface area contributed by atoms with Gasteiger partial charge in [-0.3, -0.25) is 14.4 Å². The number of ketones is 1. The van der Waals surface area contributed by atoms with E-state index >= 15 is 0 Å². The minimum Gasteiger partial charge on any atom is -0.497 e. The Morgan fingerprint density at radius 1 is 0.830 bits per heavy atom. The highest BCUT2D eigenvalue weighted by Crippen LogP contribution is 2.39. The summed E-state index contributed by atoms with van der Waals surface area (Å²) in [6, 6.07) is 29.6. The van der Waals surface area contributed by atoms with Gasteiger partial charge in [-0.1, -0.05) is 41.6 Å². The Hall–Kier alpha value is -6.45. The van der Waals surface area contributed by atoms with Crippen molar-refractivity contribution in [3.05, 3.63) is 119 Å². The number of pyridine rings is 1. The molecule has 266 valence electrons. The molecule has 6 rings (SSSR count). The number of thioether (sulfide) groups is 1. The zero-order valence-electron chi connectivity index (χ0n) is 29.2. The highest BCUT2D eigenvalue weighted by molar-refractivity contribution is 8.00. The van der Waals surface area contributed by atoms with Crippen LogP contribution in [0, 0.1) is 18.3 Å². The molecule has 0 radical (unpaired) electrons. The number of aryl methyl sites for hydroxylation is 1. The predicted octanol–water partition coefficient (Wildman–Crippen LogP) is 7.09. The number of carbonyl (C=O) groups excluding carboxylic acids is 4. The van der Waals surface area contributed by atoms with Crippen LogP contribution >= 0.6 is 11.8 Å². The quantitative estimate of drug-likeness (QED) is 0.0738. The molecule has 1 fully saturated rings. The van der Waals surface area contributed by atoms with Gasteiger partial charge in [0, 0.05) is 23.1 Å². The van der Waals surface area contributed by atoms with Gasteiger partial charge in [0.05, 0.1) is 49.1 Å². The number of rotatable bonds is 12. The van der Waals surface area contributed by atoms with E-state index in [1.54, 1.807) is 19.2 Å². The number of methoxy groups -OCH3 is 3. The first-order chi connectivity index (χ1) is 25.6. The number of imide groups is 1. The molecular weight excluding hydrogens is 695 g/mol. The molecule has 1 aliphatic rings. The SMILES string of the molecule is COc1ccc(-c2cc(-c3ccc(C)cc3)c(C#N)c(SC3CC(=O)N(c4ccc(C(=O)OCC(=O)c5ccc(OC)c(OC)c5)cc4)C3=O)n2)cc1. The Balaban J connectivity index is 1.20. The fourth-order valence-electron chi connectivity index (χ4n) is 5.74. The molecule has 0 aliphatic carbocycles. The van der Waals surface area contributed by atoms with Crippen molar-refractivity contribution in [2.45, 2.75) is 23.6 Å². The zero-order valence-corrected chi connectivity index (χ0v) is 30.1. The monoisotopic (exact) mass is 727 g/mol. The van der Waals surface area contributed by atoms with Crippen molar-refractivity contribution in [3.8, 4) is 45.7 Å². The molecule has 4 aromatic carbocycles. The summed E-state index contributed by atoms with van der Waals surface area (Å²) < 4.78 is 21.0. The van der Waals surface area contributed by atoms with Crippen LogP contribution in [0.25, 0.3) is 22.4 Å². The lowest BCUT2D eigenvalue weighted by Crippen LogP contribution is -2.31. The summed E-state index contributed by atoms with van der Waals surface area (Å²) in [6.07, 6.45) is -0.120. The summed E-state index contributed by atoms with van der Waals surface area (Å²) in [7, 11) is 4.51. The summed E-state index contributed by atoms with van der Waals surface area (Å²) in [6.45, 7) is 1.47. The van der Waals surface area contributed by atoms with Crippen LogP contribution in [-0.4, -0.2) is 61.7 Å². The molecule has 1 atom stereocenters. The van der Waals surface area contributed by atoms with Gasteiger partial charge in [0.15, 0.2) is 23.9 Å². The molecule has 0 saturated carbocycles. The second kappa shape index (κ2) is 15.8. The molecule has 53 heavy (non-hydrogen) atoms. The normalized spacial score (nSPS) is 13.7. The van der Waals surface area contributed by atoms with Gasteiger partial charge in [0.2, 0.25) is 11.8 Å². The lowest BCUT2D eigenvalue weighted by atomic mass is 9.98. The number of nitriles is 1. The number of carbonyl (C=O) groups is 4. The Morgan fingerprint density at radius 2 is 1.49 bits per heavy atom. The minimum absolute atomic E-state index is 0.120. The largest absolute Gasteiger partial charge is 0.497 e. The molecule has 2 heterocycles. The van der Waals surface area contributed by atoms with Crippen LogP contribution in [0.15, 0.2) is 102 Å². The second-order valence-corrected chi connectivity index (χ2v) is 13.1. The summed E-state index contributed by atoms with van der Waals surface area (Å²) in [5, 5.41) is 9.83. The number of nitrogens with zero attached hydrogens (tertiary/aromatic N) is 3. The van der Waals surface area contributed by atoms with Crippen molar-refractivity contribution >= 4 is 41.0 Å². The van der Waals surface area contributed by atoms with E-state index in [-0.39, 0.29) is 23.2 Å². The fourth-order valence-corrected chi connectivity index (χ4v) is 6.87. The van der Waals surface area contributed by atoms with Gasteiger partial charge in [-0.15, -0.1) is 0 Å². The number of ether oxygens (including phenoxy) is 4. The third-order valence-corrected chi connectivity index (χ3v) is 9.78. The lowest BCUT2D eigenvalue weighted by Gasteiger charge is -2.17. The molecule has 5 aromatic rings. The van der Waals surface area contributed by atoms with Gasteiger partial charge < -0.3 is 18.9 Å². The van der Waals surface area contributed by atoms with Crippen molar-refractivity contribution in [2.24, 2.45) is 0 Å². The second-order valence-electron chi connectivity index (χ2n) is 11.9. The highest BCUT2D eigenvalue weighted by atomic mass is 32.2. The number of hydrogen-bond donors (Lipinski definition) is 0. The Morgan fingerprint density at radius 3 is 2.13 bits per heavy atom. The molecule has 2 amide bonds. The van der Waals surface area contributed by atoms with E-state index in [1.165, 1.54) is 44.6 Å². The summed E-state index contributed by atoms with van der Waals surface area (Å²) in [5.74, 6) is -0.618. The number of benzene rings is 4. The first kappa shape index (κ1) is 36.3. The Bertz CT molecular complexity index is 2250. The molecule has 0 spiro atoms. The zero-order chi connectivity index (χ0) is 37.6. The third kappa shape index (κ3) is 7.75. The van der Waals surface area contributed by atoms with E-state index in [9.17, 15) is 24.4 Å². The van der Waals surface area contributed by atoms with Gasteiger partial charge in [-0.25, -0.2) is 14.7 Å². The van der Waals surface area contributed by atoms with E-state index in [0.717, 1.165) is 33.4 Å². The van der Waals surface area contributed by atoms with Crippen molar-refractivity contribution in [1.82, 2.24) is 4.98 Å². The first-order valence-electron chi connectivity index (χ1n) is 16.4. The Labute approximate surface area is 310 Å². The van der Waals surface area contributed by atoms with Crippen LogP contribution < -0.4 is 19.1 Å². The lowest BCUT2D eigenvalue weighted by molar-refractivity contribution is -0.121. The Kier molecular flexibility index (Phi) is 10.9. The topological polar surface area (TPSA) is 145 Å². The van der Waals surface area contributed by atoms with Crippen LogP contribution in [0.5, 0.6) is 17.2 Å².